The molecule has 0 saturated carbocycles. The van der Waals surface area contributed by atoms with E-state index in [-0.39, 0.29) is 23.7 Å². The van der Waals surface area contributed by atoms with E-state index in [0.717, 1.165) is 5.56 Å². The van der Waals surface area contributed by atoms with Gasteiger partial charge in [0.25, 0.3) is 0 Å². The highest BCUT2D eigenvalue weighted by Gasteiger charge is 2.48. The molecule has 0 N–H and O–H groups in total. The van der Waals surface area contributed by atoms with Crippen LogP contribution in [-0.4, -0.2) is 16.7 Å². The first-order chi connectivity index (χ1) is 9.16. The maximum atomic E-state index is 12.3. The van der Waals surface area contributed by atoms with Crippen LogP contribution in [0.25, 0.3) is 0 Å². The number of imide groups is 1. The van der Waals surface area contributed by atoms with Crippen LogP contribution < -0.4 is 0 Å². The molecule has 19 heavy (non-hydrogen) atoms. The summed E-state index contributed by atoms with van der Waals surface area (Å²) in [4.78, 5) is 26.0. The molecule has 1 aliphatic heterocycles. The molecule has 0 aromatic heterocycles. The number of hydrogen-bond donors (Lipinski definition) is 0. The summed E-state index contributed by atoms with van der Waals surface area (Å²) >= 11 is 5.98. The number of carbonyl (C=O) groups excluding carboxylic acids is 2. The van der Waals surface area contributed by atoms with Crippen molar-refractivity contribution in [3.8, 4) is 0 Å². The van der Waals surface area contributed by atoms with Crippen LogP contribution in [0.15, 0.2) is 41.4 Å². The van der Waals surface area contributed by atoms with Gasteiger partial charge in [-0.25, -0.2) is 0 Å². The largest absolute Gasteiger partial charge is 0.278 e. The third-order valence-electron chi connectivity index (χ3n) is 3.84. The van der Waals surface area contributed by atoms with Crippen molar-refractivity contribution in [1.82, 2.24) is 4.90 Å². The topological polar surface area (TPSA) is 37.4 Å². The fourth-order valence-electron chi connectivity index (χ4n) is 2.82. The molecule has 2 amide bonds. The average molecular weight is 276 g/mol. The Hall–Kier alpha value is -1.61. The van der Waals surface area contributed by atoms with E-state index in [0.29, 0.717) is 24.4 Å². The van der Waals surface area contributed by atoms with E-state index in [4.69, 9.17) is 11.6 Å². The van der Waals surface area contributed by atoms with Crippen molar-refractivity contribution in [2.45, 2.75) is 19.4 Å². The van der Waals surface area contributed by atoms with Gasteiger partial charge in [-0.15, -0.1) is 0 Å². The summed E-state index contributed by atoms with van der Waals surface area (Å²) in [7, 11) is 0. The number of benzene rings is 1. The van der Waals surface area contributed by atoms with Crippen LogP contribution in [-0.2, 0) is 16.1 Å². The van der Waals surface area contributed by atoms with Crippen molar-refractivity contribution in [2.24, 2.45) is 11.8 Å². The van der Waals surface area contributed by atoms with Gasteiger partial charge in [0.15, 0.2) is 0 Å². The highest BCUT2D eigenvalue weighted by Crippen LogP contribution is 2.39. The lowest BCUT2D eigenvalue weighted by molar-refractivity contribution is -0.140. The second-order valence-corrected chi connectivity index (χ2v) is 5.54. The number of nitrogens with zero attached hydrogens (tertiary/aromatic N) is 1. The molecular formula is C15H14ClNO2. The fourth-order valence-corrected chi connectivity index (χ4v) is 3.07. The van der Waals surface area contributed by atoms with E-state index in [2.05, 4.69) is 0 Å². The van der Waals surface area contributed by atoms with Gasteiger partial charge in [-0.2, -0.15) is 0 Å². The van der Waals surface area contributed by atoms with Crippen LogP contribution in [0.3, 0.4) is 0 Å². The van der Waals surface area contributed by atoms with E-state index in [1.165, 1.54) is 4.90 Å². The second-order valence-electron chi connectivity index (χ2n) is 5.05. The molecule has 1 fully saturated rings. The molecular weight excluding hydrogens is 262 g/mol. The number of hydrogen-bond acceptors (Lipinski definition) is 2. The predicted molar refractivity (Wildman–Crippen MR) is 72.1 cm³/mol. The maximum Gasteiger partial charge on any atom is 0.233 e. The molecule has 0 bridgehead atoms. The van der Waals surface area contributed by atoms with Gasteiger partial charge in [-0.1, -0.05) is 48.0 Å². The van der Waals surface area contributed by atoms with Gasteiger partial charge in [-0.3, -0.25) is 14.5 Å². The molecule has 1 saturated heterocycles. The lowest BCUT2D eigenvalue weighted by atomic mass is 9.85. The van der Waals surface area contributed by atoms with Crippen molar-refractivity contribution < 1.29 is 9.59 Å². The van der Waals surface area contributed by atoms with Gasteiger partial charge in [0.1, 0.15) is 0 Å². The summed E-state index contributed by atoms with van der Waals surface area (Å²) in [6.07, 6.45) is 2.95. The molecule has 1 aromatic carbocycles. The zero-order valence-electron chi connectivity index (χ0n) is 10.4. The Bertz CT molecular complexity index is 553. The van der Waals surface area contributed by atoms with Crippen LogP contribution in [0.1, 0.15) is 18.4 Å². The zero-order valence-corrected chi connectivity index (χ0v) is 11.1. The van der Waals surface area contributed by atoms with E-state index in [1.54, 1.807) is 0 Å². The number of likely N-dealkylation sites (tertiary alicyclic amines) is 1. The van der Waals surface area contributed by atoms with Crippen molar-refractivity contribution in [3.05, 3.63) is 47.0 Å². The number of rotatable bonds is 2. The Morgan fingerprint density at radius 1 is 1.11 bits per heavy atom. The van der Waals surface area contributed by atoms with E-state index >= 15 is 0 Å². The summed E-state index contributed by atoms with van der Waals surface area (Å²) in [6.45, 7) is 0.364. The minimum absolute atomic E-state index is 0.0562. The SMILES string of the molecule is O=C1[C@H]2CC(Cl)=CC[C@H]2C(=O)N1Cc1ccccc1. The zero-order chi connectivity index (χ0) is 13.4. The number of halogens is 1. The van der Waals surface area contributed by atoms with Gasteiger partial charge < -0.3 is 0 Å². The van der Waals surface area contributed by atoms with Crippen LogP contribution in [0.4, 0.5) is 0 Å². The first-order valence-electron chi connectivity index (χ1n) is 6.40. The molecule has 3 rings (SSSR count). The normalized spacial score (nSPS) is 26.4. The summed E-state index contributed by atoms with van der Waals surface area (Å²) < 4.78 is 0. The first kappa shape index (κ1) is 12.4. The second kappa shape index (κ2) is 4.82. The highest BCUT2D eigenvalue weighted by atomic mass is 35.5. The van der Waals surface area contributed by atoms with Crippen molar-refractivity contribution in [3.63, 3.8) is 0 Å². The quantitative estimate of drug-likeness (QED) is 0.778. The number of amides is 2. The summed E-state index contributed by atoms with van der Waals surface area (Å²) in [5.74, 6) is -0.600. The summed E-state index contributed by atoms with van der Waals surface area (Å²) in [5, 5.41) is 0.698. The molecule has 1 heterocycles. The van der Waals surface area contributed by atoms with E-state index in [1.807, 2.05) is 36.4 Å². The molecule has 0 radical (unpaired) electrons. The molecule has 98 valence electrons. The van der Waals surface area contributed by atoms with E-state index < -0.39 is 0 Å². The van der Waals surface area contributed by atoms with Crippen molar-refractivity contribution in [2.75, 3.05) is 0 Å². The lowest BCUT2D eigenvalue weighted by Gasteiger charge is -2.17. The standard InChI is InChI=1S/C15H14ClNO2/c16-11-6-7-12-13(8-11)15(19)17(14(12)18)9-10-4-2-1-3-5-10/h1-6,12-13H,7-9H2/t12-,13+/m1/s1. The number of allylic oxidation sites excluding steroid dienone is 2. The molecule has 0 spiro atoms. The minimum Gasteiger partial charge on any atom is -0.278 e. The van der Waals surface area contributed by atoms with Crippen LogP contribution in [0.5, 0.6) is 0 Å². The van der Waals surface area contributed by atoms with Gasteiger partial charge in [0.05, 0.1) is 18.4 Å². The van der Waals surface area contributed by atoms with Gasteiger partial charge in [0, 0.05) is 5.03 Å². The monoisotopic (exact) mass is 275 g/mol. The molecule has 2 atom stereocenters. The predicted octanol–water partition coefficient (Wildman–Crippen LogP) is 2.70. The summed E-state index contributed by atoms with van der Waals surface area (Å²) in [6, 6.07) is 9.58. The Morgan fingerprint density at radius 3 is 2.53 bits per heavy atom. The Balaban J connectivity index is 1.82. The third kappa shape index (κ3) is 2.19. The van der Waals surface area contributed by atoms with Gasteiger partial charge >= 0.3 is 0 Å². The molecule has 1 aromatic rings. The Kier molecular flexibility index (Phi) is 3.15. The van der Waals surface area contributed by atoms with Crippen molar-refractivity contribution in [1.29, 1.82) is 0 Å². The highest BCUT2D eigenvalue weighted by molar-refractivity contribution is 6.30. The first-order valence-corrected chi connectivity index (χ1v) is 6.78. The maximum absolute atomic E-state index is 12.3. The Labute approximate surface area is 116 Å². The third-order valence-corrected chi connectivity index (χ3v) is 4.15. The molecule has 3 nitrogen and oxygen atoms in total. The van der Waals surface area contributed by atoms with Gasteiger partial charge in [-0.05, 0) is 18.4 Å². The van der Waals surface area contributed by atoms with Crippen LogP contribution >= 0.6 is 11.6 Å². The Morgan fingerprint density at radius 2 is 1.79 bits per heavy atom. The van der Waals surface area contributed by atoms with Crippen LogP contribution in [0, 0.1) is 11.8 Å². The average Bonchev–Trinajstić information content (AvgIpc) is 2.65. The molecule has 0 unspecified atom stereocenters. The number of carbonyl (C=O) groups is 2. The summed E-state index contributed by atoms with van der Waals surface area (Å²) in [5.41, 5.74) is 0.974. The number of fused-ring (bicyclic) bond motifs is 1. The molecule has 1 aliphatic carbocycles. The van der Waals surface area contributed by atoms with E-state index in [9.17, 15) is 9.59 Å². The fraction of sp³-hybridized carbons (Fsp3) is 0.333. The van der Waals surface area contributed by atoms with Crippen LogP contribution in [0.2, 0.25) is 0 Å². The minimum atomic E-state index is -0.256. The molecule has 2 aliphatic rings. The lowest BCUT2D eigenvalue weighted by Crippen LogP contribution is -2.30. The van der Waals surface area contributed by atoms with Crippen molar-refractivity contribution >= 4 is 23.4 Å². The van der Waals surface area contributed by atoms with Gasteiger partial charge in [0.2, 0.25) is 11.8 Å². The molecule has 4 heteroatoms. The smallest absolute Gasteiger partial charge is 0.233 e.